The first-order chi connectivity index (χ1) is 8.58. The highest BCUT2D eigenvalue weighted by Crippen LogP contribution is 2.22. The zero-order chi connectivity index (χ0) is 13.1. The van der Waals surface area contributed by atoms with Gasteiger partial charge in [0.2, 0.25) is 0 Å². The van der Waals surface area contributed by atoms with Gasteiger partial charge in [0.1, 0.15) is 0 Å². The summed E-state index contributed by atoms with van der Waals surface area (Å²) in [4.78, 5) is 2.47. The lowest BCUT2D eigenvalue weighted by Gasteiger charge is -2.28. The van der Waals surface area contributed by atoms with Crippen molar-refractivity contribution in [1.82, 2.24) is 10.2 Å². The molecule has 0 radical (unpaired) electrons. The molecule has 2 heteroatoms. The first-order valence-corrected chi connectivity index (χ1v) is 7.08. The maximum atomic E-state index is 3.57. The van der Waals surface area contributed by atoms with Crippen molar-refractivity contribution < 1.29 is 0 Å². The molecule has 1 aromatic carbocycles. The molecule has 2 nitrogen and oxygen atoms in total. The van der Waals surface area contributed by atoms with Crippen molar-refractivity contribution in [2.24, 2.45) is 0 Å². The average molecular weight is 246 g/mol. The van der Waals surface area contributed by atoms with Gasteiger partial charge in [-0.25, -0.2) is 0 Å². The predicted octanol–water partition coefficient (Wildman–Crippen LogP) is 3.05. The summed E-state index contributed by atoms with van der Waals surface area (Å²) in [6.07, 6.45) is 2.65. The third-order valence-electron chi connectivity index (χ3n) is 4.35. The Labute approximate surface area is 111 Å². The van der Waals surface area contributed by atoms with Gasteiger partial charge in [-0.1, -0.05) is 18.2 Å². The summed E-state index contributed by atoms with van der Waals surface area (Å²) in [5.74, 6) is 0. The number of benzene rings is 1. The fourth-order valence-corrected chi connectivity index (χ4v) is 2.70. The maximum absolute atomic E-state index is 3.57. The van der Waals surface area contributed by atoms with E-state index in [1.807, 2.05) is 0 Å². The van der Waals surface area contributed by atoms with Gasteiger partial charge >= 0.3 is 0 Å². The van der Waals surface area contributed by atoms with Crippen LogP contribution < -0.4 is 5.32 Å². The Hall–Kier alpha value is -0.860. The lowest BCUT2D eigenvalue weighted by atomic mass is 10.0. The molecule has 1 aliphatic rings. The Kier molecular flexibility index (Phi) is 4.41. The Bertz CT molecular complexity index is 394. The number of hydrogen-bond donors (Lipinski definition) is 1. The van der Waals surface area contributed by atoms with Gasteiger partial charge in [-0.05, 0) is 63.9 Å². The van der Waals surface area contributed by atoms with Crippen LogP contribution in [0.1, 0.15) is 42.5 Å². The highest BCUT2D eigenvalue weighted by atomic mass is 15.2. The highest BCUT2D eigenvalue weighted by Gasteiger charge is 2.19. The second kappa shape index (κ2) is 5.85. The van der Waals surface area contributed by atoms with Crippen LogP contribution in [-0.2, 0) is 0 Å². The average Bonchev–Trinajstić information content (AvgIpc) is 2.84. The zero-order valence-electron chi connectivity index (χ0n) is 12.2. The number of hydrogen-bond acceptors (Lipinski definition) is 2. The third kappa shape index (κ3) is 3.12. The van der Waals surface area contributed by atoms with Crippen molar-refractivity contribution in [3.63, 3.8) is 0 Å². The van der Waals surface area contributed by atoms with Crippen LogP contribution in [0.25, 0.3) is 0 Å². The Morgan fingerprint density at radius 2 is 2.11 bits per heavy atom. The van der Waals surface area contributed by atoms with Gasteiger partial charge in [0.05, 0.1) is 0 Å². The van der Waals surface area contributed by atoms with Crippen molar-refractivity contribution in [3.8, 4) is 0 Å². The molecule has 2 atom stereocenters. The van der Waals surface area contributed by atoms with Gasteiger partial charge in [-0.3, -0.25) is 4.90 Å². The van der Waals surface area contributed by atoms with E-state index in [9.17, 15) is 0 Å². The molecule has 0 amide bonds. The molecular formula is C16H26N2. The molecule has 1 fully saturated rings. The maximum Gasteiger partial charge on any atom is 0.0317 e. The summed E-state index contributed by atoms with van der Waals surface area (Å²) < 4.78 is 0. The molecule has 0 spiro atoms. The summed E-state index contributed by atoms with van der Waals surface area (Å²) in [5, 5.41) is 3.57. The first-order valence-electron chi connectivity index (χ1n) is 7.08. The van der Waals surface area contributed by atoms with E-state index in [1.54, 1.807) is 0 Å². The van der Waals surface area contributed by atoms with Gasteiger partial charge in [-0.15, -0.1) is 0 Å². The van der Waals surface area contributed by atoms with Crippen molar-refractivity contribution in [2.45, 2.75) is 45.7 Å². The minimum absolute atomic E-state index is 0.492. The molecular weight excluding hydrogens is 220 g/mol. The molecule has 0 aliphatic carbocycles. The van der Waals surface area contributed by atoms with Crippen LogP contribution in [0.4, 0.5) is 0 Å². The summed E-state index contributed by atoms with van der Waals surface area (Å²) >= 11 is 0. The van der Waals surface area contributed by atoms with Gasteiger partial charge in [0.15, 0.2) is 0 Å². The molecule has 1 aromatic rings. The monoisotopic (exact) mass is 246 g/mol. The first kappa shape index (κ1) is 13.6. The van der Waals surface area contributed by atoms with Crippen LogP contribution in [0, 0.1) is 13.8 Å². The number of likely N-dealkylation sites (N-methyl/N-ethyl adjacent to an activating group) is 1. The van der Waals surface area contributed by atoms with E-state index in [-0.39, 0.29) is 0 Å². The van der Waals surface area contributed by atoms with Crippen LogP contribution in [0.5, 0.6) is 0 Å². The number of rotatable bonds is 4. The third-order valence-corrected chi connectivity index (χ3v) is 4.35. The lowest BCUT2D eigenvalue weighted by Crippen LogP contribution is -2.36. The van der Waals surface area contributed by atoms with Crippen molar-refractivity contribution in [2.75, 3.05) is 20.1 Å². The van der Waals surface area contributed by atoms with E-state index in [0.717, 1.165) is 6.54 Å². The van der Waals surface area contributed by atoms with Gasteiger partial charge in [0.25, 0.3) is 0 Å². The van der Waals surface area contributed by atoms with Gasteiger partial charge in [0, 0.05) is 18.6 Å². The van der Waals surface area contributed by atoms with Crippen LogP contribution in [0.2, 0.25) is 0 Å². The standard InChI is InChI=1S/C16H26N2/c1-12-7-8-15(10-13(12)2)14(3)18(4)11-16-6-5-9-17-16/h7-8,10,14,16-17H,5-6,9,11H2,1-4H3. The van der Waals surface area contributed by atoms with E-state index in [4.69, 9.17) is 0 Å². The minimum Gasteiger partial charge on any atom is -0.313 e. The minimum atomic E-state index is 0.492. The number of nitrogens with zero attached hydrogens (tertiary/aromatic N) is 1. The molecule has 1 aliphatic heterocycles. The van der Waals surface area contributed by atoms with Crippen LogP contribution in [0.3, 0.4) is 0 Å². The summed E-state index contributed by atoms with van der Waals surface area (Å²) in [6.45, 7) is 9.02. The summed E-state index contributed by atoms with van der Waals surface area (Å²) in [6, 6.07) is 8.02. The van der Waals surface area contributed by atoms with E-state index < -0.39 is 0 Å². The Morgan fingerprint density at radius 3 is 2.72 bits per heavy atom. The van der Waals surface area contributed by atoms with E-state index in [0.29, 0.717) is 12.1 Å². The number of nitrogens with one attached hydrogen (secondary N) is 1. The molecule has 18 heavy (non-hydrogen) atoms. The number of aryl methyl sites for hydroxylation is 2. The molecule has 0 bridgehead atoms. The largest absolute Gasteiger partial charge is 0.313 e. The molecule has 2 rings (SSSR count). The van der Waals surface area contributed by atoms with Crippen molar-refractivity contribution >= 4 is 0 Å². The Morgan fingerprint density at radius 1 is 1.33 bits per heavy atom. The Balaban J connectivity index is 2.00. The normalized spacial score (nSPS) is 21.5. The zero-order valence-corrected chi connectivity index (χ0v) is 12.2. The lowest BCUT2D eigenvalue weighted by molar-refractivity contribution is 0.238. The van der Waals surface area contributed by atoms with Crippen molar-refractivity contribution in [1.29, 1.82) is 0 Å². The van der Waals surface area contributed by atoms with Crippen LogP contribution >= 0.6 is 0 Å². The molecule has 100 valence electrons. The molecule has 1 N–H and O–H groups in total. The smallest absolute Gasteiger partial charge is 0.0317 e. The van der Waals surface area contributed by atoms with Crippen LogP contribution in [0.15, 0.2) is 18.2 Å². The fraction of sp³-hybridized carbons (Fsp3) is 0.625. The molecule has 2 unspecified atom stereocenters. The quantitative estimate of drug-likeness (QED) is 0.878. The second-order valence-electron chi connectivity index (χ2n) is 5.75. The van der Waals surface area contributed by atoms with E-state index in [2.05, 4.69) is 56.2 Å². The van der Waals surface area contributed by atoms with E-state index in [1.165, 1.54) is 36.1 Å². The molecule has 1 heterocycles. The molecule has 0 aromatic heterocycles. The van der Waals surface area contributed by atoms with Crippen molar-refractivity contribution in [3.05, 3.63) is 34.9 Å². The fourth-order valence-electron chi connectivity index (χ4n) is 2.70. The molecule has 0 saturated carbocycles. The summed E-state index contributed by atoms with van der Waals surface area (Å²) in [5.41, 5.74) is 4.21. The van der Waals surface area contributed by atoms with Gasteiger partial charge in [-0.2, -0.15) is 0 Å². The highest BCUT2D eigenvalue weighted by molar-refractivity contribution is 5.31. The molecule has 1 saturated heterocycles. The second-order valence-corrected chi connectivity index (χ2v) is 5.75. The predicted molar refractivity (Wildman–Crippen MR) is 78.0 cm³/mol. The summed E-state index contributed by atoms with van der Waals surface area (Å²) in [7, 11) is 2.24. The SMILES string of the molecule is Cc1ccc(C(C)N(C)CC2CCCN2)cc1C. The topological polar surface area (TPSA) is 15.3 Å². The van der Waals surface area contributed by atoms with E-state index >= 15 is 0 Å². The van der Waals surface area contributed by atoms with Gasteiger partial charge < -0.3 is 5.32 Å². The van der Waals surface area contributed by atoms with Crippen LogP contribution in [-0.4, -0.2) is 31.1 Å².